The maximum absolute atomic E-state index is 13.4. The van der Waals surface area contributed by atoms with E-state index in [-0.39, 0.29) is 24.4 Å². The van der Waals surface area contributed by atoms with Crippen LogP contribution in [0.2, 0.25) is 0 Å². The molecule has 158 valence electrons. The van der Waals surface area contributed by atoms with Crippen LogP contribution in [0.4, 0.5) is 4.39 Å². The summed E-state index contributed by atoms with van der Waals surface area (Å²) in [4.78, 5) is 17.0. The van der Waals surface area contributed by atoms with Gasteiger partial charge in [0, 0.05) is 6.54 Å². The lowest BCUT2D eigenvalue weighted by atomic mass is 10.1. The quantitative estimate of drug-likeness (QED) is 0.467. The van der Waals surface area contributed by atoms with Gasteiger partial charge in [0.15, 0.2) is 6.61 Å². The number of methoxy groups -OCH3 is 1. The number of amides is 1. The molecule has 0 spiro atoms. The molecule has 4 rings (SSSR count). The maximum Gasteiger partial charge on any atom is 0.258 e. The van der Waals surface area contributed by atoms with Crippen LogP contribution in [0, 0.1) is 5.82 Å². The van der Waals surface area contributed by atoms with Crippen molar-refractivity contribution in [2.75, 3.05) is 13.7 Å². The van der Waals surface area contributed by atoms with Crippen molar-refractivity contribution in [3.63, 3.8) is 0 Å². The largest absolute Gasteiger partial charge is 0.497 e. The highest BCUT2D eigenvalue weighted by atomic mass is 19.1. The monoisotopic (exact) mass is 419 g/mol. The summed E-state index contributed by atoms with van der Waals surface area (Å²) in [5.74, 6) is 0.662. The lowest BCUT2D eigenvalue weighted by molar-refractivity contribution is -0.123. The summed E-state index contributed by atoms with van der Waals surface area (Å²) in [5.41, 5.74) is 2.62. The van der Waals surface area contributed by atoms with Gasteiger partial charge in [0.1, 0.15) is 17.3 Å². The molecule has 0 aliphatic heterocycles. The van der Waals surface area contributed by atoms with Gasteiger partial charge in [-0.2, -0.15) is 0 Å². The minimum Gasteiger partial charge on any atom is -0.497 e. The average Bonchev–Trinajstić information content (AvgIpc) is 3.21. The Morgan fingerprint density at radius 1 is 1.03 bits per heavy atom. The Morgan fingerprint density at radius 3 is 2.48 bits per heavy atom. The highest BCUT2D eigenvalue weighted by Crippen LogP contribution is 2.20. The fourth-order valence-corrected chi connectivity index (χ4v) is 3.34. The molecule has 0 bridgehead atoms. The van der Waals surface area contributed by atoms with E-state index in [4.69, 9.17) is 9.47 Å². The summed E-state index contributed by atoms with van der Waals surface area (Å²) in [6.45, 7) is 0.301. The summed E-state index contributed by atoms with van der Waals surface area (Å²) in [5, 5.41) is 2.99. The first-order chi connectivity index (χ1) is 15.1. The first-order valence-corrected chi connectivity index (χ1v) is 9.84. The summed E-state index contributed by atoms with van der Waals surface area (Å²) in [6.07, 6.45) is 1.74. The molecule has 31 heavy (non-hydrogen) atoms. The van der Waals surface area contributed by atoms with Gasteiger partial charge in [0.05, 0.1) is 30.5 Å². The number of ether oxygens (including phenoxy) is 2. The molecule has 0 aliphatic rings. The summed E-state index contributed by atoms with van der Waals surface area (Å²) in [6, 6.07) is 20.5. The fourth-order valence-electron chi connectivity index (χ4n) is 3.34. The van der Waals surface area contributed by atoms with Crippen LogP contribution in [0.15, 0.2) is 79.1 Å². The molecule has 1 N–H and O–H groups in total. The van der Waals surface area contributed by atoms with Crippen molar-refractivity contribution in [2.24, 2.45) is 0 Å². The third-order valence-corrected chi connectivity index (χ3v) is 4.94. The Morgan fingerprint density at radius 2 is 1.74 bits per heavy atom. The minimum absolute atomic E-state index is 0.144. The molecule has 6 nitrogen and oxygen atoms in total. The molecule has 0 aliphatic carbocycles. The van der Waals surface area contributed by atoms with Crippen molar-refractivity contribution in [3.05, 3.63) is 90.5 Å². The molecule has 1 amide bonds. The standard InChI is InChI=1S/C24H22FN3O3/c1-30-19-10-12-20(13-11-19)31-15-24(29)27-22(17-6-8-18(25)9-7-17)14-28-16-26-21-4-2-3-5-23(21)28/h2-13,16,22H,14-15H2,1H3,(H,27,29). The third kappa shape index (κ3) is 5.01. The highest BCUT2D eigenvalue weighted by Gasteiger charge is 2.17. The van der Waals surface area contributed by atoms with E-state index in [2.05, 4.69) is 10.3 Å². The molecule has 1 aromatic heterocycles. The predicted molar refractivity (Wildman–Crippen MR) is 116 cm³/mol. The van der Waals surface area contributed by atoms with E-state index in [0.29, 0.717) is 18.0 Å². The van der Waals surface area contributed by atoms with Gasteiger partial charge < -0.3 is 19.4 Å². The van der Waals surface area contributed by atoms with Gasteiger partial charge in [-0.15, -0.1) is 0 Å². The van der Waals surface area contributed by atoms with Crippen molar-refractivity contribution < 1.29 is 18.7 Å². The first kappa shape index (κ1) is 20.4. The zero-order chi connectivity index (χ0) is 21.6. The maximum atomic E-state index is 13.4. The minimum atomic E-state index is -0.384. The number of hydrogen-bond acceptors (Lipinski definition) is 4. The van der Waals surface area contributed by atoms with Gasteiger partial charge in [0.2, 0.25) is 0 Å². The molecule has 3 aromatic carbocycles. The van der Waals surface area contributed by atoms with Gasteiger partial charge in [-0.05, 0) is 54.1 Å². The molecule has 1 atom stereocenters. The average molecular weight is 419 g/mol. The van der Waals surface area contributed by atoms with Crippen LogP contribution in [0.5, 0.6) is 11.5 Å². The van der Waals surface area contributed by atoms with E-state index in [1.807, 2.05) is 28.8 Å². The molecular formula is C24H22FN3O3. The second kappa shape index (κ2) is 9.30. The molecule has 1 heterocycles. The van der Waals surface area contributed by atoms with E-state index >= 15 is 0 Å². The SMILES string of the molecule is COc1ccc(OCC(=O)NC(Cn2cnc3ccccc32)c2ccc(F)cc2)cc1. The van der Waals surface area contributed by atoms with Crippen molar-refractivity contribution in [2.45, 2.75) is 12.6 Å². The topological polar surface area (TPSA) is 65.4 Å². The molecule has 4 aromatic rings. The number of hydrogen-bond donors (Lipinski definition) is 1. The van der Waals surface area contributed by atoms with Gasteiger partial charge in [-0.3, -0.25) is 4.79 Å². The summed E-state index contributed by atoms with van der Waals surface area (Å²) in [7, 11) is 1.59. The van der Waals surface area contributed by atoms with Crippen molar-refractivity contribution >= 4 is 16.9 Å². The number of para-hydroxylation sites is 2. The van der Waals surface area contributed by atoms with Crippen molar-refractivity contribution in [1.82, 2.24) is 14.9 Å². The van der Waals surface area contributed by atoms with E-state index in [1.165, 1.54) is 12.1 Å². The van der Waals surface area contributed by atoms with Crippen LogP contribution in [0.1, 0.15) is 11.6 Å². The van der Waals surface area contributed by atoms with Crippen LogP contribution < -0.4 is 14.8 Å². The molecule has 0 saturated heterocycles. The highest BCUT2D eigenvalue weighted by molar-refractivity contribution is 5.78. The lowest BCUT2D eigenvalue weighted by Gasteiger charge is -2.20. The molecule has 1 unspecified atom stereocenters. The zero-order valence-corrected chi connectivity index (χ0v) is 17.0. The number of halogens is 1. The number of nitrogens with one attached hydrogen (secondary N) is 1. The molecule has 0 fully saturated rings. The first-order valence-electron chi connectivity index (χ1n) is 9.84. The number of carbonyl (C=O) groups excluding carboxylic acids is 1. The van der Waals surface area contributed by atoms with Crippen molar-refractivity contribution in [1.29, 1.82) is 0 Å². The molecular weight excluding hydrogens is 397 g/mol. The van der Waals surface area contributed by atoms with Crippen LogP contribution in [0.3, 0.4) is 0 Å². The van der Waals surface area contributed by atoms with Gasteiger partial charge in [-0.1, -0.05) is 24.3 Å². The Hall–Kier alpha value is -3.87. The normalized spacial score (nSPS) is 11.8. The number of fused-ring (bicyclic) bond motifs is 1. The number of imidazole rings is 1. The molecule has 7 heteroatoms. The lowest BCUT2D eigenvalue weighted by Crippen LogP contribution is -2.34. The van der Waals surface area contributed by atoms with E-state index in [1.54, 1.807) is 49.8 Å². The second-order valence-corrected chi connectivity index (χ2v) is 7.02. The van der Waals surface area contributed by atoms with Gasteiger partial charge in [-0.25, -0.2) is 9.37 Å². The van der Waals surface area contributed by atoms with Gasteiger partial charge in [0.25, 0.3) is 5.91 Å². The number of aromatic nitrogens is 2. The second-order valence-electron chi connectivity index (χ2n) is 7.02. The van der Waals surface area contributed by atoms with Crippen molar-refractivity contribution in [3.8, 4) is 11.5 Å². The molecule has 0 saturated carbocycles. The Bertz CT molecular complexity index is 1160. The number of rotatable bonds is 8. The Balaban J connectivity index is 1.48. The van der Waals surface area contributed by atoms with E-state index in [9.17, 15) is 9.18 Å². The van der Waals surface area contributed by atoms with Crippen LogP contribution >= 0.6 is 0 Å². The number of benzene rings is 3. The zero-order valence-electron chi connectivity index (χ0n) is 17.0. The van der Waals surface area contributed by atoms with Crippen LogP contribution in [0.25, 0.3) is 11.0 Å². The smallest absolute Gasteiger partial charge is 0.258 e. The number of carbonyl (C=O) groups is 1. The summed E-state index contributed by atoms with van der Waals surface area (Å²) < 4.78 is 26.1. The van der Waals surface area contributed by atoms with E-state index < -0.39 is 0 Å². The predicted octanol–water partition coefficient (Wildman–Crippen LogP) is 4.12. The fraction of sp³-hybridized carbons (Fsp3) is 0.167. The van der Waals surface area contributed by atoms with Gasteiger partial charge >= 0.3 is 0 Å². The van der Waals surface area contributed by atoms with E-state index in [0.717, 1.165) is 16.6 Å². The van der Waals surface area contributed by atoms with Crippen LogP contribution in [-0.4, -0.2) is 29.2 Å². The number of nitrogens with zero attached hydrogens (tertiary/aromatic N) is 2. The Kier molecular flexibility index (Phi) is 6.12. The summed E-state index contributed by atoms with van der Waals surface area (Å²) >= 11 is 0. The van der Waals surface area contributed by atoms with Crippen LogP contribution in [-0.2, 0) is 11.3 Å². The molecule has 0 radical (unpaired) electrons. The third-order valence-electron chi connectivity index (χ3n) is 4.94. The Labute approximate surface area is 179 Å².